The van der Waals surface area contributed by atoms with E-state index in [-0.39, 0.29) is 18.2 Å². The van der Waals surface area contributed by atoms with Crippen LogP contribution in [0.2, 0.25) is 0 Å². The van der Waals surface area contributed by atoms with E-state index in [1.165, 1.54) is 0 Å². The number of nitrogens with zero attached hydrogens (tertiary/aromatic N) is 3. The van der Waals surface area contributed by atoms with Crippen LogP contribution in [0.25, 0.3) is 0 Å². The Morgan fingerprint density at radius 1 is 1.14 bits per heavy atom. The molecule has 2 heterocycles. The third-order valence-corrected chi connectivity index (χ3v) is 5.02. The molecular weight excluding hydrogens is 358 g/mol. The summed E-state index contributed by atoms with van der Waals surface area (Å²) in [6.07, 6.45) is 1.26. The van der Waals surface area contributed by atoms with Crippen LogP contribution < -0.4 is 4.90 Å². The summed E-state index contributed by atoms with van der Waals surface area (Å²) in [6, 6.07) is 3.70. The van der Waals surface area contributed by atoms with Gasteiger partial charge in [-0.2, -0.15) is 0 Å². The number of carbonyl (C=O) groups excluding carboxylic acids is 3. The van der Waals surface area contributed by atoms with E-state index in [0.717, 1.165) is 30.4 Å². The molecule has 7 nitrogen and oxygen atoms in total. The molecule has 1 aromatic rings. The average molecular weight is 387 g/mol. The van der Waals surface area contributed by atoms with E-state index in [2.05, 4.69) is 0 Å². The highest BCUT2D eigenvalue weighted by Gasteiger charge is 2.33. The van der Waals surface area contributed by atoms with Crippen molar-refractivity contribution >= 4 is 24.1 Å². The Kier molecular flexibility index (Phi) is 5.37. The van der Waals surface area contributed by atoms with Gasteiger partial charge in [0, 0.05) is 37.8 Å². The van der Waals surface area contributed by atoms with Gasteiger partial charge in [0.2, 0.25) is 0 Å². The molecule has 0 atom stereocenters. The highest BCUT2D eigenvalue weighted by molar-refractivity contribution is 5.98. The van der Waals surface area contributed by atoms with Gasteiger partial charge < -0.3 is 9.64 Å². The van der Waals surface area contributed by atoms with Crippen molar-refractivity contribution in [2.75, 3.05) is 18.0 Å². The predicted octanol–water partition coefficient (Wildman–Crippen LogP) is 3.79. The van der Waals surface area contributed by atoms with Crippen LogP contribution >= 0.6 is 0 Å². The number of benzene rings is 1. The fourth-order valence-corrected chi connectivity index (χ4v) is 3.69. The van der Waals surface area contributed by atoms with Crippen LogP contribution in [-0.4, -0.2) is 52.9 Å². The van der Waals surface area contributed by atoms with E-state index in [1.54, 1.807) is 15.9 Å². The van der Waals surface area contributed by atoms with E-state index in [9.17, 15) is 14.4 Å². The van der Waals surface area contributed by atoms with Crippen molar-refractivity contribution < 1.29 is 19.1 Å². The van der Waals surface area contributed by atoms with Crippen LogP contribution in [-0.2, 0) is 17.8 Å². The Bertz CT molecular complexity index is 798. The van der Waals surface area contributed by atoms with Crippen molar-refractivity contribution in [1.82, 2.24) is 9.80 Å². The summed E-state index contributed by atoms with van der Waals surface area (Å²) in [5.74, 6) is 0. The van der Waals surface area contributed by atoms with E-state index >= 15 is 0 Å². The zero-order chi connectivity index (χ0) is 20.6. The first-order chi connectivity index (χ1) is 13.1. The van der Waals surface area contributed by atoms with Gasteiger partial charge in [0.1, 0.15) is 5.60 Å². The van der Waals surface area contributed by atoms with Gasteiger partial charge in [-0.15, -0.1) is 0 Å². The number of urea groups is 1. The van der Waals surface area contributed by atoms with Crippen molar-refractivity contribution in [1.29, 1.82) is 0 Å². The van der Waals surface area contributed by atoms with Crippen LogP contribution in [0.15, 0.2) is 12.1 Å². The first-order valence-corrected chi connectivity index (χ1v) is 9.77. The van der Waals surface area contributed by atoms with Crippen molar-refractivity contribution in [3.63, 3.8) is 0 Å². The molecule has 0 unspecified atom stereocenters. The fourth-order valence-electron chi connectivity index (χ4n) is 3.69. The average Bonchev–Trinajstić information content (AvgIpc) is 3.02. The Morgan fingerprint density at radius 2 is 1.79 bits per heavy atom. The molecule has 28 heavy (non-hydrogen) atoms. The van der Waals surface area contributed by atoms with Gasteiger partial charge in [-0.05, 0) is 64.3 Å². The zero-order valence-electron chi connectivity index (χ0n) is 17.3. The van der Waals surface area contributed by atoms with Gasteiger partial charge in [-0.25, -0.2) is 9.59 Å². The Labute approximate surface area is 166 Å². The molecule has 0 aliphatic carbocycles. The normalized spacial score (nSPS) is 17.2. The number of anilines is 1. The number of amides is 3. The lowest BCUT2D eigenvalue weighted by molar-refractivity contribution is 0.0241. The Hall–Kier alpha value is -2.57. The van der Waals surface area contributed by atoms with Crippen LogP contribution in [0.3, 0.4) is 0 Å². The molecule has 2 aliphatic heterocycles. The molecule has 0 bridgehead atoms. The molecule has 0 aromatic heterocycles. The molecule has 7 heteroatoms. The van der Waals surface area contributed by atoms with E-state index in [1.807, 2.05) is 45.6 Å². The number of aldehydes is 1. The molecule has 3 amide bonds. The highest BCUT2D eigenvalue weighted by atomic mass is 16.6. The van der Waals surface area contributed by atoms with Crippen molar-refractivity contribution in [2.45, 2.75) is 65.8 Å². The summed E-state index contributed by atoms with van der Waals surface area (Å²) in [7, 11) is 0. The van der Waals surface area contributed by atoms with E-state index in [4.69, 9.17) is 4.74 Å². The summed E-state index contributed by atoms with van der Waals surface area (Å²) in [6.45, 7) is 11.6. The standard InChI is InChI=1S/C21H29N3O4/c1-14(2)23-7-6-8-24(19(23)26)18-10-16-12-22(20(27)28-21(3,4)5)11-15(16)9-17(18)13-25/h9-10,13-14H,6-8,11-12H2,1-5H3. The minimum Gasteiger partial charge on any atom is -0.444 e. The predicted molar refractivity (Wildman–Crippen MR) is 107 cm³/mol. The number of fused-ring (bicyclic) bond motifs is 1. The first kappa shape index (κ1) is 20.2. The SMILES string of the molecule is CC(C)N1CCCN(c2cc3c(cc2C=O)CN(C(=O)OC(C)(C)C)C3)C1=O. The number of rotatable bonds is 3. The van der Waals surface area contributed by atoms with Crippen LogP contribution in [0.5, 0.6) is 0 Å². The third-order valence-electron chi connectivity index (χ3n) is 5.02. The lowest BCUT2D eigenvalue weighted by Gasteiger charge is -2.38. The van der Waals surface area contributed by atoms with Gasteiger partial charge in [0.05, 0.1) is 5.69 Å². The largest absolute Gasteiger partial charge is 0.444 e. The molecule has 2 aliphatic rings. The smallest absolute Gasteiger partial charge is 0.410 e. The van der Waals surface area contributed by atoms with Crippen LogP contribution in [0.4, 0.5) is 15.3 Å². The Balaban J connectivity index is 1.87. The summed E-state index contributed by atoms with van der Waals surface area (Å²) in [5.41, 5.74) is 2.40. The first-order valence-electron chi connectivity index (χ1n) is 9.77. The third kappa shape index (κ3) is 3.98. The second-order valence-corrected chi connectivity index (χ2v) is 8.71. The summed E-state index contributed by atoms with van der Waals surface area (Å²) in [5, 5.41) is 0. The van der Waals surface area contributed by atoms with Crippen molar-refractivity contribution in [3.8, 4) is 0 Å². The lowest BCUT2D eigenvalue weighted by atomic mass is 10.0. The molecule has 1 saturated heterocycles. The Morgan fingerprint density at radius 3 is 2.36 bits per heavy atom. The highest BCUT2D eigenvalue weighted by Crippen LogP contribution is 2.33. The molecule has 0 saturated carbocycles. The molecule has 1 fully saturated rings. The van der Waals surface area contributed by atoms with E-state index in [0.29, 0.717) is 30.9 Å². The molecule has 1 aromatic carbocycles. The van der Waals surface area contributed by atoms with Crippen LogP contribution in [0.1, 0.15) is 62.5 Å². The summed E-state index contributed by atoms with van der Waals surface area (Å²) >= 11 is 0. The lowest BCUT2D eigenvalue weighted by Crippen LogP contribution is -2.52. The molecule has 152 valence electrons. The maximum Gasteiger partial charge on any atom is 0.410 e. The number of hydrogen-bond acceptors (Lipinski definition) is 4. The zero-order valence-corrected chi connectivity index (χ0v) is 17.3. The minimum absolute atomic E-state index is 0.0775. The monoisotopic (exact) mass is 387 g/mol. The number of carbonyl (C=O) groups is 3. The van der Waals surface area contributed by atoms with Gasteiger partial charge in [-0.1, -0.05) is 0 Å². The van der Waals surface area contributed by atoms with Crippen molar-refractivity contribution in [2.24, 2.45) is 0 Å². The van der Waals surface area contributed by atoms with Gasteiger partial charge in [0.15, 0.2) is 6.29 Å². The van der Waals surface area contributed by atoms with Gasteiger partial charge in [0.25, 0.3) is 0 Å². The molecular formula is C21H29N3O4. The van der Waals surface area contributed by atoms with Gasteiger partial charge in [-0.3, -0.25) is 14.6 Å². The fraction of sp³-hybridized carbons (Fsp3) is 0.571. The molecule has 3 rings (SSSR count). The quantitative estimate of drug-likeness (QED) is 0.740. The topological polar surface area (TPSA) is 70.2 Å². The van der Waals surface area contributed by atoms with Gasteiger partial charge >= 0.3 is 12.1 Å². The second-order valence-electron chi connectivity index (χ2n) is 8.71. The van der Waals surface area contributed by atoms with Crippen LogP contribution in [0, 0.1) is 0 Å². The minimum atomic E-state index is -0.564. The molecule has 0 radical (unpaired) electrons. The van der Waals surface area contributed by atoms with E-state index < -0.39 is 5.60 Å². The second kappa shape index (κ2) is 7.45. The summed E-state index contributed by atoms with van der Waals surface area (Å²) < 4.78 is 5.46. The molecule has 0 spiro atoms. The molecule has 0 N–H and O–H groups in total. The number of hydrogen-bond donors (Lipinski definition) is 0. The summed E-state index contributed by atoms with van der Waals surface area (Å²) in [4.78, 5) is 42.2. The maximum atomic E-state index is 12.9. The van der Waals surface area contributed by atoms with Crippen molar-refractivity contribution in [3.05, 3.63) is 28.8 Å². The number of ether oxygens (including phenoxy) is 1. The maximum absolute atomic E-state index is 12.9.